The van der Waals surface area contributed by atoms with Crippen LogP contribution in [0.5, 0.6) is 0 Å². The number of carbonyl (C=O) groups excluding carboxylic acids is 4. The first-order chi connectivity index (χ1) is 46.2. The number of ether oxygens (including phenoxy) is 4. The van der Waals surface area contributed by atoms with Crippen LogP contribution in [0.15, 0.2) is 0 Å². The number of aliphatic hydroxyl groups is 1. The SMILES string of the molecule is CCC(C)CCCCCCCCCCCCCCCCC(=O)O[C@H](COC(=O)CCCCCCCCCC(C)C)COP(=O)(O)OCC(O)COP(=O)(O)OC[C@@H](COC(=O)CCCCCCCCC(C)CC)OC(=O)CCCCCCCCCCCCCCCCCC(C)C. The third kappa shape index (κ3) is 67.9. The monoisotopic (exact) mass is 1410 g/mol. The first-order valence-electron chi connectivity index (χ1n) is 39.8. The lowest BCUT2D eigenvalue weighted by molar-refractivity contribution is -0.161. The van der Waals surface area contributed by atoms with Gasteiger partial charge in [-0.05, 0) is 49.4 Å². The summed E-state index contributed by atoms with van der Waals surface area (Å²) in [4.78, 5) is 72.8. The molecule has 0 heterocycles. The number of rotatable bonds is 74. The minimum absolute atomic E-state index is 0.106. The first kappa shape index (κ1) is 94.1. The van der Waals surface area contributed by atoms with Crippen molar-refractivity contribution in [2.75, 3.05) is 39.6 Å². The molecule has 0 spiro atoms. The summed E-state index contributed by atoms with van der Waals surface area (Å²) in [5, 5.41) is 10.6. The number of phosphoric ester groups is 2. The molecule has 0 aliphatic heterocycles. The van der Waals surface area contributed by atoms with E-state index in [9.17, 15) is 43.2 Å². The van der Waals surface area contributed by atoms with Gasteiger partial charge in [0.05, 0.1) is 26.4 Å². The summed E-state index contributed by atoms with van der Waals surface area (Å²) in [6, 6.07) is 0. The lowest BCUT2D eigenvalue weighted by Crippen LogP contribution is -2.30. The molecule has 0 aliphatic rings. The highest BCUT2D eigenvalue weighted by atomic mass is 31.2. The van der Waals surface area contributed by atoms with Crippen LogP contribution in [0.3, 0.4) is 0 Å². The summed E-state index contributed by atoms with van der Waals surface area (Å²) in [6.07, 6.45) is 51.4. The number of carbonyl (C=O) groups is 4. The number of phosphoric acid groups is 2. The maximum absolute atomic E-state index is 13.1. The van der Waals surface area contributed by atoms with Crippen molar-refractivity contribution in [1.82, 2.24) is 0 Å². The van der Waals surface area contributed by atoms with E-state index in [2.05, 4.69) is 55.4 Å². The summed E-state index contributed by atoms with van der Waals surface area (Å²) < 4.78 is 68.5. The van der Waals surface area contributed by atoms with Gasteiger partial charge in [-0.1, -0.05) is 338 Å². The molecule has 0 saturated carbocycles. The Morgan fingerprint density at radius 3 is 0.740 bits per heavy atom. The summed E-state index contributed by atoms with van der Waals surface area (Å²) in [5.41, 5.74) is 0. The van der Waals surface area contributed by atoms with Gasteiger partial charge in [0.2, 0.25) is 0 Å². The fourth-order valence-electron chi connectivity index (χ4n) is 11.7. The van der Waals surface area contributed by atoms with Gasteiger partial charge in [-0.15, -0.1) is 0 Å². The quantitative estimate of drug-likeness (QED) is 0.0222. The average molecular weight is 1410 g/mol. The second kappa shape index (κ2) is 66.3. The normalized spacial score (nSPS) is 14.7. The van der Waals surface area contributed by atoms with Crippen molar-refractivity contribution < 1.29 is 80.2 Å². The second-order valence-corrected chi connectivity index (χ2v) is 32.1. The molecule has 0 aliphatic carbocycles. The Bertz CT molecular complexity index is 1890. The van der Waals surface area contributed by atoms with Crippen molar-refractivity contribution in [1.29, 1.82) is 0 Å². The number of aliphatic hydroxyl groups excluding tert-OH is 1. The molecular weight excluding hydrogens is 1260 g/mol. The van der Waals surface area contributed by atoms with Crippen LogP contribution in [0.4, 0.5) is 0 Å². The van der Waals surface area contributed by atoms with Gasteiger partial charge >= 0.3 is 39.5 Å². The number of hydrogen-bond donors (Lipinski definition) is 3. The molecule has 96 heavy (non-hydrogen) atoms. The molecule has 0 radical (unpaired) electrons. The fourth-order valence-corrected chi connectivity index (χ4v) is 13.2. The minimum atomic E-state index is -4.96. The van der Waals surface area contributed by atoms with Gasteiger partial charge in [0.1, 0.15) is 19.3 Å². The van der Waals surface area contributed by atoms with Crippen LogP contribution in [0.2, 0.25) is 0 Å². The zero-order valence-corrected chi connectivity index (χ0v) is 64.8. The van der Waals surface area contributed by atoms with Crippen LogP contribution >= 0.6 is 15.6 Å². The molecule has 0 aromatic heterocycles. The zero-order chi connectivity index (χ0) is 71.0. The largest absolute Gasteiger partial charge is 0.472 e. The molecule has 570 valence electrons. The molecule has 0 amide bonds. The average Bonchev–Trinajstić information content (AvgIpc) is 1.19. The van der Waals surface area contributed by atoms with E-state index in [4.69, 9.17) is 37.0 Å². The maximum atomic E-state index is 13.1. The van der Waals surface area contributed by atoms with Gasteiger partial charge in [0.25, 0.3) is 0 Å². The van der Waals surface area contributed by atoms with Gasteiger partial charge in [-0.3, -0.25) is 37.3 Å². The van der Waals surface area contributed by atoms with Gasteiger partial charge in [0.15, 0.2) is 12.2 Å². The van der Waals surface area contributed by atoms with Gasteiger partial charge in [-0.25, -0.2) is 9.13 Å². The predicted molar refractivity (Wildman–Crippen MR) is 391 cm³/mol. The van der Waals surface area contributed by atoms with E-state index in [-0.39, 0.29) is 25.7 Å². The van der Waals surface area contributed by atoms with E-state index in [1.807, 2.05) is 0 Å². The Balaban J connectivity index is 5.21. The van der Waals surface area contributed by atoms with E-state index in [1.165, 1.54) is 180 Å². The van der Waals surface area contributed by atoms with E-state index in [1.54, 1.807) is 0 Å². The fraction of sp³-hybridized carbons (Fsp3) is 0.948. The molecule has 5 unspecified atom stereocenters. The van der Waals surface area contributed by atoms with Crippen molar-refractivity contribution in [3.05, 3.63) is 0 Å². The van der Waals surface area contributed by atoms with Crippen LogP contribution in [0, 0.1) is 23.7 Å². The molecule has 3 N–H and O–H groups in total. The van der Waals surface area contributed by atoms with E-state index in [0.717, 1.165) is 120 Å². The van der Waals surface area contributed by atoms with Crippen molar-refractivity contribution in [2.24, 2.45) is 23.7 Å². The summed E-state index contributed by atoms with van der Waals surface area (Å²) in [6.45, 7) is 14.2. The maximum Gasteiger partial charge on any atom is 0.472 e. The Kier molecular flexibility index (Phi) is 65.0. The third-order valence-electron chi connectivity index (χ3n) is 18.5. The summed E-state index contributed by atoms with van der Waals surface area (Å²) >= 11 is 0. The molecule has 0 aromatic rings. The Hall–Kier alpha value is -1.94. The molecular formula is C77H150O17P2. The zero-order valence-electron chi connectivity index (χ0n) is 63.0. The lowest BCUT2D eigenvalue weighted by Gasteiger charge is -2.21. The van der Waals surface area contributed by atoms with Gasteiger partial charge in [0, 0.05) is 25.7 Å². The van der Waals surface area contributed by atoms with Crippen molar-refractivity contribution in [3.8, 4) is 0 Å². The highest BCUT2D eigenvalue weighted by Gasteiger charge is 2.30. The van der Waals surface area contributed by atoms with Crippen molar-refractivity contribution in [3.63, 3.8) is 0 Å². The minimum Gasteiger partial charge on any atom is -0.462 e. The molecule has 0 aromatic carbocycles. The molecule has 17 nitrogen and oxygen atoms in total. The van der Waals surface area contributed by atoms with Gasteiger partial charge < -0.3 is 33.8 Å². The number of hydrogen-bond acceptors (Lipinski definition) is 15. The molecule has 0 rings (SSSR count). The summed E-state index contributed by atoms with van der Waals surface area (Å²) in [7, 11) is -9.91. The van der Waals surface area contributed by atoms with E-state index < -0.39 is 97.5 Å². The lowest BCUT2D eigenvalue weighted by atomic mass is 9.99. The van der Waals surface area contributed by atoms with Crippen LogP contribution in [0.25, 0.3) is 0 Å². The molecule has 0 fully saturated rings. The number of esters is 4. The van der Waals surface area contributed by atoms with E-state index >= 15 is 0 Å². The standard InChI is InChI=1S/C77H150O17P2/c1-9-69(7)55-47-39-31-25-21-17-14-15-19-23-27-33-44-52-59-76(81)93-72(63-87-74(79)57-49-41-34-28-30-38-46-54-68(5)6)65-91-95(83,84)89-61-71(78)62-90-96(85,86)92-66-73(64-88-75(80)58-50-42-36-35-40-48-56-70(8)10-2)94-77(82)60-51-43-32-26-22-18-13-11-12-16-20-24-29-37-45-53-67(3)4/h67-73,78H,9-66H2,1-8H3,(H,83,84)(H,85,86)/t69?,70?,71?,72-,73-/m1/s1. The Labute approximate surface area is 588 Å². The van der Waals surface area contributed by atoms with Crippen LogP contribution < -0.4 is 0 Å². The topological polar surface area (TPSA) is 237 Å². The highest BCUT2D eigenvalue weighted by molar-refractivity contribution is 7.47. The first-order valence-corrected chi connectivity index (χ1v) is 42.8. The molecule has 7 atom stereocenters. The van der Waals surface area contributed by atoms with E-state index in [0.29, 0.717) is 31.6 Å². The highest BCUT2D eigenvalue weighted by Crippen LogP contribution is 2.45. The van der Waals surface area contributed by atoms with Crippen LogP contribution in [-0.4, -0.2) is 96.7 Å². The molecule has 0 saturated heterocycles. The number of unbranched alkanes of at least 4 members (excludes halogenated alkanes) is 38. The van der Waals surface area contributed by atoms with Gasteiger partial charge in [-0.2, -0.15) is 0 Å². The Morgan fingerprint density at radius 2 is 0.500 bits per heavy atom. The van der Waals surface area contributed by atoms with Crippen LogP contribution in [-0.2, 0) is 65.4 Å². The second-order valence-electron chi connectivity index (χ2n) is 29.2. The van der Waals surface area contributed by atoms with Crippen molar-refractivity contribution in [2.45, 2.75) is 408 Å². The van der Waals surface area contributed by atoms with Crippen molar-refractivity contribution >= 4 is 39.5 Å². The van der Waals surface area contributed by atoms with Crippen LogP contribution in [0.1, 0.15) is 389 Å². The summed E-state index contributed by atoms with van der Waals surface area (Å²) in [5.74, 6) is 0.963. The molecule has 19 heteroatoms. The third-order valence-corrected chi connectivity index (χ3v) is 20.4. The predicted octanol–water partition coefficient (Wildman–Crippen LogP) is 22.4. The Morgan fingerprint density at radius 1 is 0.292 bits per heavy atom. The molecule has 0 bridgehead atoms. The smallest absolute Gasteiger partial charge is 0.462 e.